The number of carbonyl (C=O) groups is 7. The Labute approximate surface area is 248 Å². The van der Waals surface area contributed by atoms with Crippen LogP contribution in [0.25, 0.3) is 0 Å². The molecule has 0 saturated carbocycles. The van der Waals surface area contributed by atoms with Crippen molar-refractivity contribution in [3.8, 4) is 5.75 Å². The monoisotopic (exact) mass is 609 g/mol. The first kappa shape index (κ1) is 35.7. The predicted molar refractivity (Wildman–Crippen MR) is 155 cm³/mol. The number of amides is 7. The second-order valence-electron chi connectivity index (χ2n) is 9.69. The Morgan fingerprint density at radius 1 is 0.667 bits per heavy atom. The van der Waals surface area contributed by atoms with Crippen LogP contribution in [0.4, 0.5) is 0 Å². The fourth-order valence-corrected chi connectivity index (χ4v) is 3.69. The van der Waals surface area contributed by atoms with Crippen LogP contribution >= 0.6 is 12.6 Å². The van der Waals surface area contributed by atoms with Gasteiger partial charge in [0.1, 0.15) is 42.0 Å². The molecule has 0 spiro atoms. The van der Waals surface area contributed by atoms with Crippen LogP contribution in [-0.4, -0.2) is 88.5 Å². The van der Waals surface area contributed by atoms with Gasteiger partial charge in [0.2, 0.25) is 41.4 Å². The number of hydrogen-bond donors (Lipinski definition) is 9. The maximum Gasteiger partial charge on any atom is 0.243 e. The molecule has 0 radical (unpaired) electrons. The zero-order chi connectivity index (χ0) is 32.1. The maximum absolute atomic E-state index is 12.8. The maximum atomic E-state index is 12.8. The molecule has 1 rings (SSSR count). The number of nitrogens with one attached hydrogen (secondary N) is 6. The van der Waals surface area contributed by atoms with Crippen LogP contribution in [0.5, 0.6) is 5.75 Å². The molecule has 0 aliphatic heterocycles. The molecule has 0 aliphatic rings. The van der Waals surface area contributed by atoms with E-state index in [1.54, 1.807) is 12.1 Å². The van der Waals surface area contributed by atoms with Crippen molar-refractivity contribution in [1.82, 2.24) is 31.9 Å². The molecular formula is C26H39N7O8S. The van der Waals surface area contributed by atoms with Gasteiger partial charge in [-0.15, -0.1) is 0 Å². The van der Waals surface area contributed by atoms with E-state index < -0.39 is 77.6 Å². The van der Waals surface area contributed by atoms with Gasteiger partial charge in [-0.2, -0.15) is 12.6 Å². The number of phenols is 1. The second kappa shape index (κ2) is 16.8. The Hall–Kier alpha value is -4.34. The van der Waals surface area contributed by atoms with Gasteiger partial charge in [-0.3, -0.25) is 33.6 Å². The van der Waals surface area contributed by atoms with Gasteiger partial charge in [-0.1, -0.05) is 12.1 Å². The van der Waals surface area contributed by atoms with E-state index in [2.05, 4.69) is 44.5 Å². The van der Waals surface area contributed by atoms with E-state index >= 15 is 0 Å². The molecule has 0 aliphatic carbocycles. The number of aromatic hydroxyl groups is 1. The first-order chi connectivity index (χ1) is 19.5. The third-order valence-electron chi connectivity index (χ3n) is 5.92. The molecule has 0 fully saturated rings. The Morgan fingerprint density at radius 3 is 1.40 bits per heavy atom. The normalized spacial score (nSPS) is 14.9. The Balaban J connectivity index is 2.65. The van der Waals surface area contributed by atoms with Crippen molar-refractivity contribution >= 4 is 54.0 Å². The van der Waals surface area contributed by atoms with Crippen LogP contribution in [0.1, 0.15) is 40.2 Å². The predicted octanol–water partition coefficient (Wildman–Crippen LogP) is -2.64. The van der Waals surface area contributed by atoms with Gasteiger partial charge in [-0.25, -0.2) is 0 Å². The quantitative estimate of drug-likeness (QED) is 0.0950. The van der Waals surface area contributed by atoms with E-state index in [0.29, 0.717) is 5.56 Å². The van der Waals surface area contributed by atoms with Gasteiger partial charge in [0.05, 0.1) is 0 Å². The lowest BCUT2D eigenvalue weighted by Crippen LogP contribution is -2.58. The van der Waals surface area contributed by atoms with Gasteiger partial charge in [0.15, 0.2) is 0 Å². The molecule has 0 bridgehead atoms. The number of benzene rings is 1. The highest BCUT2D eigenvalue weighted by molar-refractivity contribution is 7.80. The molecule has 15 nitrogen and oxygen atoms in total. The lowest BCUT2D eigenvalue weighted by atomic mass is 10.0. The molecule has 1 aromatic rings. The summed E-state index contributed by atoms with van der Waals surface area (Å²) in [6.07, 6.45) is 0.0972. The second-order valence-corrected chi connectivity index (χ2v) is 10.1. The minimum absolute atomic E-state index is 0.0319. The van der Waals surface area contributed by atoms with Crippen molar-refractivity contribution in [3.05, 3.63) is 29.8 Å². The molecule has 0 aromatic heterocycles. The van der Waals surface area contributed by atoms with Crippen LogP contribution in [-0.2, 0) is 40.0 Å². The summed E-state index contributed by atoms with van der Waals surface area (Å²) in [5.74, 6) is -4.68. The van der Waals surface area contributed by atoms with Gasteiger partial charge in [-0.05, 0) is 45.4 Å². The molecule has 7 amide bonds. The summed E-state index contributed by atoms with van der Waals surface area (Å²) in [4.78, 5) is 85.6. The highest BCUT2D eigenvalue weighted by Gasteiger charge is 2.28. The van der Waals surface area contributed by atoms with Crippen molar-refractivity contribution in [2.24, 2.45) is 5.73 Å². The van der Waals surface area contributed by atoms with Crippen molar-refractivity contribution < 1.29 is 38.7 Å². The fraction of sp³-hybridized carbons (Fsp3) is 0.500. The summed E-state index contributed by atoms with van der Waals surface area (Å²) >= 11 is 3.93. The van der Waals surface area contributed by atoms with Crippen LogP contribution in [0, 0.1) is 0 Å². The van der Waals surface area contributed by atoms with Crippen molar-refractivity contribution in [3.63, 3.8) is 0 Å². The fourth-order valence-electron chi connectivity index (χ4n) is 3.42. The van der Waals surface area contributed by atoms with E-state index in [1.165, 1.54) is 46.8 Å². The topological polar surface area (TPSA) is 238 Å². The SMILES string of the molecule is CC(=O)N[C@@H](Cc1ccc(O)cc1)C(=O)N[C@@H](C)C(=O)N[C@@H](C)C(=O)N[C@@H](C)C(=O)N[C@@H](C)C(=O)N[C@@H](CS)C(N)=O. The number of nitrogens with two attached hydrogens (primary N) is 1. The first-order valence-corrected chi connectivity index (χ1v) is 13.7. The number of carbonyl (C=O) groups excluding carboxylic acids is 7. The van der Waals surface area contributed by atoms with Gasteiger partial charge < -0.3 is 42.7 Å². The molecule has 0 unspecified atom stereocenters. The lowest BCUT2D eigenvalue weighted by molar-refractivity contribution is -0.134. The third kappa shape index (κ3) is 12.0. The third-order valence-corrected chi connectivity index (χ3v) is 6.29. The number of hydrogen-bond acceptors (Lipinski definition) is 9. The zero-order valence-corrected chi connectivity index (χ0v) is 24.9. The molecule has 9 N–H and O–H groups in total. The molecule has 0 saturated heterocycles. The van der Waals surface area contributed by atoms with Gasteiger partial charge in [0.25, 0.3) is 0 Å². The van der Waals surface area contributed by atoms with E-state index in [0.717, 1.165) is 0 Å². The summed E-state index contributed by atoms with van der Waals surface area (Å²) in [7, 11) is 0. The Kier molecular flexibility index (Phi) is 14.3. The highest BCUT2D eigenvalue weighted by atomic mass is 32.1. The van der Waals surface area contributed by atoms with Gasteiger partial charge >= 0.3 is 0 Å². The Bertz CT molecular complexity index is 1160. The number of rotatable bonds is 15. The average Bonchev–Trinajstić information content (AvgIpc) is 2.91. The van der Waals surface area contributed by atoms with Crippen LogP contribution in [0.3, 0.4) is 0 Å². The number of phenolic OH excluding ortho intramolecular Hbond substituents is 1. The summed E-state index contributed by atoms with van der Waals surface area (Å²) in [5, 5.41) is 24.0. The van der Waals surface area contributed by atoms with Crippen molar-refractivity contribution in [2.75, 3.05) is 5.75 Å². The van der Waals surface area contributed by atoms with E-state index in [9.17, 15) is 38.7 Å². The molecule has 6 atom stereocenters. The molecule has 42 heavy (non-hydrogen) atoms. The van der Waals surface area contributed by atoms with Crippen molar-refractivity contribution in [2.45, 2.75) is 77.3 Å². The van der Waals surface area contributed by atoms with Crippen molar-refractivity contribution in [1.29, 1.82) is 0 Å². The smallest absolute Gasteiger partial charge is 0.243 e. The minimum atomic E-state index is -1.11. The van der Waals surface area contributed by atoms with Crippen LogP contribution in [0.15, 0.2) is 24.3 Å². The first-order valence-electron chi connectivity index (χ1n) is 13.0. The average molecular weight is 610 g/mol. The Morgan fingerprint density at radius 2 is 1.05 bits per heavy atom. The summed E-state index contributed by atoms with van der Waals surface area (Å²) in [6.45, 7) is 6.74. The van der Waals surface area contributed by atoms with Gasteiger partial charge in [0, 0.05) is 19.1 Å². The summed E-state index contributed by atoms with van der Waals surface area (Å²) < 4.78 is 0. The van der Waals surface area contributed by atoms with Crippen LogP contribution < -0.4 is 37.6 Å². The number of primary amides is 1. The van der Waals surface area contributed by atoms with Crippen LogP contribution in [0.2, 0.25) is 0 Å². The lowest BCUT2D eigenvalue weighted by Gasteiger charge is -2.23. The van der Waals surface area contributed by atoms with E-state index in [1.807, 2.05) is 0 Å². The van der Waals surface area contributed by atoms with E-state index in [4.69, 9.17) is 5.73 Å². The molecule has 1 aromatic carbocycles. The number of thiol groups is 1. The standard InChI is InChI=1S/C26H39N7O8S/c1-12(22(37)28-13(2)23(38)30-15(4)25(40)33-20(11-42)21(27)36)29-24(39)14(3)31-26(41)19(32-16(5)34)10-17-6-8-18(35)9-7-17/h6-9,12-15,19-20,35,42H,10-11H2,1-5H3,(H2,27,36)(H,28,37)(H,29,39)(H,30,38)(H,31,41)(H,32,34)(H,33,40)/t12-,13-,14-,15-,19-,20-/m0/s1. The minimum Gasteiger partial charge on any atom is -0.508 e. The summed E-state index contributed by atoms with van der Waals surface area (Å²) in [6, 6.07) is -0.331. The van der Waals surface area contributed by atoms with E-state index in [-0.39, 0.29) is 17.9 Å². The molecule has 16 heteroatoms. The summed E-state index contributed by atoms with van der Waals surface area (Å²) in [5.41, 5.74) is 5.82. The highest BCUT2D eigenvalue weighted by Crippen LogP contribution is 2.11. The molecular weight excluding hydrogens is 570 g/mol. The molecule has 0 heterocycles. The zero-order valence-electron chi connectivity index (χ0n) is 24.0. The molecule has 232 valence electrons. The largest absolute Gasteiger partial charge is 0.508 e.